The van der Waals surface area contributed by atoms with Crippen molar-refractivity contribution in [2.45, 2.75) is 52.4 Å². The van der Waals surface area contributed by atoms with Crippen LogP contribution in [0.15, 0.2) is 24.8 Å². The average Bonchev–Trinajstić information content (AvgIpc) is 2.34. The van der Waals surface area contributed by atoms with Crippen molar-refractivity contribution in [3.63, 3.8) is 0 Å². The molecule has 0 saturated heterocycles. The van der Waals surface area contributed by atoms with Crippen LogP contribution >= 0.6 is 0 Å². The molecule has 18 heavy (non-hydrogen) atoms. The Bertz CT molecular complexity index is 285. The van der Waals surface area contributed by atoms with Crippen LogP contribution in [0.25, 0.3) is 0 Å². The fourth-order valence-electron chi connectivity index (χ4n) is 2.71. The third-order valence-corrected chi connectivity index (χ3v) is 3.92. The summed E-state index contributed by atoms with van der Waals surface area (Å²) in [6, 6.07) is 0. The van der Waals surface area contributed by atoms with Gasteiger partial charge in [0.25, 0.3) is 0 Å². The third kappa shape index (κ3) is 3.94. The molecule has 0 aromatic rings. The molecule has 0 amide bonds. The van der Waals surface area contributed by atoms with E-state index in [0.717, 1.165) is 6.42 Å². The van der Waals surface area contributed by atoms with Gasteiger partial charge in [-0.1, -0.05) is 46.4 Å². The lowest BCUT2D eigenvalue weighted by atomic mass is 9.75. The molecule has 0 aromatic heterocycles. The highest BCUT2D eigenvalue weighted by Crippen LogP contribution is 2.36. The van der Waals surface area contributed by atoms with Gasteiger partial charge in [0.1, 0.15) is 0 Å². The maximum Gasteiger partial charge on any atom is 0.216 e. The van der Waals surface area contributed by atoms with Crippen molar-refractivity contribution in [3.05, 3.63) is 24.8 Å². The average molecular weight is 254 g/mol. The van der Waals surface area contributed by atoms with Crippen LogP contribution in [0, 0.1) is 17.8 Å². The molecule has 1 unspecified atom stereocenters. The fourth-order valence-corrected chi connectivity index (χ4v) is 2.71. The highest BCUT2D eigenvalue weighted by molar-refractivity contribution is 5.14. The highest BCUT2D eigenvalue weighted by Gasteiger charge is 2.33. The molecule has 0 aromatic carbocycles. The van der Waals surface area contributed by atoms with Crippen molar-refractivity contribution in [1.29, 1.82) is 0 Å². The zero-order chi connectivity index (χ0) is 13.7. The Morgan fingerprint density at radius 1 is 1.39 bits per heavy atom. The molecule has 1 saturated carbocycles. The molecule has 0 aliphatic heterocycles. The Kier molecular flexibility index (Phi) is 6.06. The van der Waals surface area contributed by atoms with Gasteiger partial charge in [0, 0.05) is 5.57 Å². The van der Waals surface area contributed by atoms with E-state index in [-0.39, 0.29) is 6.10 Å². The zero-order valence-corrected chi connectivity index (χ0v) is 11.8. The summed E-state index contributed by atoms with van der Waals surface area (Å²) in [5.41, 5.74) is 0.554. The van der Waals surface area contributed by atoms with E-state index >= 15 is 0 Å². The molecule has 1 rings (SSSR count). The number of hydrogen-bond donors (Lipinski definition) is 1. The zero-order valence-electron chi connectivity index (χ0n) is 11.8. The van der Waals surface area contributed by atoms with Crippen molar-refractivity contribution in [2.24, 2.45) is 17.8 Å². The first-order chi connectivity index (χ1) is 8.49. The van der Waals surface area contributed by atoms with Crippen LogP contribution in [-0.4, -0.2) is 17.7 Å². The molecule has 0 bridgehead atoms. The van der Waals surface area contributed by atoms with E-state index < -0.39 is 6.29 Å². The molecule has 3 heteroatoms. The second-order valence-corrected chi connectivity index (χ2v) is 5.72. The summed E-state index contributed by atoms with van der Waals surface area (Å²) in [6.07, 6.45) is 4.30. The Balaban J connectivity index is 2.69. The second kappa shape index (κ2) is 7.07. The van der Waals surface area contributed by atoms with E-state index in [1.54, 1.807) is 6.08 Å². The Hall–Kier alpha value is -0.640. The molecule has 3 nitrogen and oxygen atoms in total. The predicted molar refractivity (Wildman–Crippen MR) is 73.1 cm³/mol. The van der Waals surface area contributed by atoms with E-state index in [2.05, 4.69) is 38.8 Å². The van der Waals surface area contributed by atoms with E-state index in [4.69, 9.17) is 9.99 Å². The van der Waals surface area contributed by atoms with Gasteiger partial charge in [0.2, 0.25) is 6.29 Å². The van der Waals surface area contributed by atoms with Crippen molar-refractivity contribution < 1.29 is 14.9 Å². The molecule has 1 aliphatic rings. The molecule has 0 heterocycles. The van der Waals surface area contributed by atoms with Gasteiger partial charge in [-0.05, 0) is 30.6 Å². The Morgan fingerprint density at radius 2 is 2.06 bits per heavy atom. The number of hydrogen-bond acceptors (Lipinski definition) is 3. The quantitative estimate of drug-likeness (QED) is 0.337. The molecule has 0 radical (unpaired) electrons. The minimum absolute atomic E-state index is 0.114. The van der Waals surface area contributed by atoms with Gasteiger partial charge in [-0.25, -0.2) is 10.1 Å². The minimum Gasteiger partial charge on any atom is -0.342 e. The monoisotopic (exact) mass is 254 g/mol. The Morgan fingerprint density at radius 3 is 2.56 bits per heavy atom. The second-order valence-electron chi connectivity index (χ2n) is 5.72. The highest BCUT2D eigenvalue weighted by atomic mass is 17.1. The SMILES string of the molecule is C=CC(=C)C(OO)O[C@H]1C[C@@H](C)CC[C@@H]1C(C)C. The van der Waals surface area contributed by atoms with Gasteiger partial charge in [0.15, 0.2) is 0 Å². The molecular weight excluding hydrogens is 228 g/mol. The topological polar surface area (TPSA) is 38.7 Å². The maximum absolute atomic E-state index is 8.92. The molecular formula is C15H26O3. The van der Waals surface area contributed by atoms with Crippen LogP contribution in [0.5, 0.6) is 0 Å². The predicted octanol–water partition coefficient (Wildman–Crippen LogP) is 4.02. The summed E-state index contributed by atoms with van der Waals surface area (Å²) in [4.78, 5) is 4.38. The summed E-state index contributed by atoms with van der Waals surface area (Å²) >= 11 is 0. The van der Waals surface area contributed by atoms with Gasteiger partial charge < -0.3 is 4.74 Å². The first-order valence-electron chi connectivity index (χ1n) is 6.76. The minimum atomic E-state index is -0.793. The van der Waals surface area contributed by atoms with Gasteiger partial charge in [-0.3, -0.25) is 0 Å². The van der Waals surface area contributed by atoms with Crippen LogP contribution in [-0.2, 0) is 9.62 Å². The maximum atomic E-state index is 8.92. The van der Waals surface area contributed by atoms with Crippen molar-refractivity contribution in [3.8, 4) is 0 Å². The van der Waals surface area contributed by atoms with E-state index in [1.807, 2.05) is 0 Å². The van der Waals surface area contributed by atoms with E-state index in [9.17, 15) is 0 Å². The molecule has 0 spiro atoms. The normalized spacial score (nSPS) is 30.2. The number of rotatable bonds is 6. The van der Waals surface area contributed by atoms with Crippen molar-refractivity contribution >= 4 is 0 Å². The van der Waals surface area contributed by atoms with Crippen LogP contribution in [0.1, 0.15) is 40.0 Å². The first kappa shape index (κ1) is 15.4. The number of ether oxygens (including phenoxy) is 1. The molecule has 1 aliphatic carbocycles. The largest absolute Gasteiger partial charge is 0.342 e. The lowest BCUT2D eigenvalue weighted by molar-refractivity contribution is -0.345. The molecule has 1 fully saturated rings. The smallest absolute Gasteiger partial charge is 0.216 e. The molecule has 104 valence electrons. The van der Waals surface area contributed by atoms with Crippen LogP contribution in [0.4, 0.5) is 0 Å². The molecule has 1 N–H and O–H groups in total. The van der Waals surface area contributed by atoms with Crippen molar-refractivity contribution in [2.75, 3.05) is 0 Å². The molecule has 4 atom stereocenters. The van der Waals surface area contributed by atoms with Gasteiger partial charge in [-0.15, -0.1) is 0 Å². The first-order valence-corrected chi connectivity index (χ1v) is 6.76. The Labute approximate surface area is 110 Å². The summed E-state index contributed by atoms with van der Waals surface area (Å²) in [5, 5.41) is 8.92. The third-order valence-electron chi connectivity index (χ3n) is 3.92. The lowest BCUT2D eigenvalue weighted by Gasteiger charge is -2.38. The lowest BCUT2D eigenvalue weighted by Crippen LogP contribution is -2.37. The standard InChI is InChI=1S/C15H26O3/c1-6-12(5)15(18-16)17-14-9-11(4)7-8-13(14)10(2)3/h6,10-11,13-16H,1,5,7-9H2,2-4H3/t11-,13+,14-,15?/m0/s1. The summed E-state index contributed by atoms with van der Waals surface area (Å²) in [5.74, 6) is 1.73. The van der Waals surface area contributed by atoms with Crippen LogP contribution in [0.3, 0.4) is 0 Å². The fraction of sp³-hybridized carbons (Fsp3) is 0.733. The van der Waals surface area contributed by atoms with Crippen molar-refractivity contribution in [1.82, 2.24) is 0 Å². The van der Waals surface area contributed by atoms with E-state index in [1.165, 1.54) is 12.8 Å². The summed E-state index contributed by atoms with van der Waals surface area (Å²) in [6.45, 7) is 14.1. The van der Waals surface area contributed by atoms with Gasteiger partial charge in [-0.2, -0.15) is 0 Å². The summed E-state index contributed by atoms with van der Waals surface area (Å²) < 4.78 is 5.89. The van der Waals surface area contributed by atoms with Gasteiger partial charge >= 0.3 is 0 Å². The van der Waals surface area contributed by atoms with E-state index in [0.29, 0.717) is 23.3 Å². The summed E-state index contributed by atoms with van der Waals surface area (Å²) in [7, 11) is 0. The van der Waals surface area contributed by atoms with Crippen LogP contribution < -0.4 is 0 Å². The van der Waals surface area contributed by atoms with Crippen LogP contribution in [0.2, 0.25) is 0 Å². The van der Waals surface area contributed by atoms with Gasteiger partial charge in [0.05, 0.1) is 6.10 Å².